The maximum Gasteiger partial charge on any atom is 2.00 e. The van der Waals surface area contributed by atoms with Crippen molar-refractivity contribution < 1.29 is 10.2 Å². The third-order valence-electron chi connectivity index (χ3n) is 4.11. The average molecular weight is 363 g/mol. The molecule has 0 aliphatic carbocycles. The molecule has 0 unspecified atom stereocenters. The predicted molar refractivity (Wildman–Crippen MR) is 110 cm³/mol. The van der Waals surface area contributed by atoms with Gasteiger partial charge in [0.2, 0.25) is 0 Å². The van der Waals surface area contributed by atoms with E-state index in [1.807, 2.05) is 12.2 Å². The van der Waals surface area contributed by atoms with Crippen LogP contribution in [-0.4, -0.2) is 36.3 Å². The second-order valence-electron chi connectivity index (χ2n) is 6.51. The molecule has 0 saturated carbocycles. The van der Waals surface area contributed by atoms with E-state index in [4.69, 9.17) is 0 Å². The molecule has 0 saturated heterocycles. The van der Waals surface area contributed by atoms with Gasteiger partial charge in [0.05, 0.1) is 0 Å². The third kappa shape index (κ3) is 36.0. The van der Waals surface area contributed by atoms with Crippen molar-refractivity contribution in [3.8, 4) is 0 Å². The summed E-state index contributed by atoms with van der Waals surface area (Å²) in [5.74, 6) is 0. The quantitative estimate of drug-likeness (QED) is 0.197. The van der Waals surface area contributed by atoms with Crippen molar-refractivity contribution in [2.75, 3.05) is 13.2 Å². The summed E-state index contributed by atoms with van der Waals surface area (Å²) in [4.78, 5) is 0. The van der Waals surface area contributed by atoms with Gasteiger partial charge >= 0.3 is 23.1 Å². The van der Waals surface area contributed by atoms with E-state index < -0.39 is 0 Å². The van der Waals surface area contributed by atoms with Crippen LogP contribution < -0.4 is 10.2 Å². The van der Waals surface area contributed by atoms with Gasteiger partial charge in [-0.05, 0) is 25.7 Å². The van der Waals surface area contributed by atoms with E-state index >= 15 is 0 Å². The minimum Gasteiger partial charge on any atom is -0.854 e. The number of hydrogen-bond donors (Lipinski definition) is 0. The van der Waals surface area contributed by atoms with Gasteiger partial charge < -0.3 is 10.2 Å². The maximum absolute atomic E-state index is 10.1. The number of unbranched alkanes of at least 4 members (excludes halogenated alkanes) is 14. The minimum absolute atomic E-state index is 0. The fraction of sp³-hybridized carbons (Fsp3) is 0.818. The molecule has 25 heavy (non-hydrogen) atoms. The van der Waals surface area contributed by atoms with Crippen LogP contribution in [0.15, 0.2) is 25.3 Å². The Labute approximate surface area is 174 Å². The zero-order valence-corrected chi connectivity index (χ0v) is 18.2. The topological polar surface area (TPSA) is 46.1 Å². The van der Waals surface area contributed by atoms with Crippen molar-refractivity contribution >= 4 is 23.1 Å². The molecular formula is C22H42MgO2. The molecule has 0 heterocycles. The van der Waals surface area contributed by atoms with Crippen LogP contribution in [0.3, 0.4) is 0 Å². The van der Waals surface area contributed by atoms with E-state index in [1.54, 1.807) is 0 Å². The Morgan fingerprint density at radius 3 is 0.920 bits per heavy atom. The predicted octanol–water partition coefficient (Wildman–Crippen LogP) is 4.93. The van der Waals surface area contributed by atoms with E-state index in [-0.39, 0.29) is 36.3 Å². The van der Waals surface area contributed by atoms with Crippen molar-refractivity contribution in [3.63, 3.8) is 0 Å². The molecule has 3 heteroatoms. The van der Waals surface area contributed by atoms with Crippen LogP contribution in [0.25, 0.3) is 0 Å². The zero-order chi connectivity index (χ0) is 18.1. The monoisotopic (exact) mass is 362 g/mol. The first-order valence-electron chi connectivity index (χ1n) is 10.2. The van der Waals surface area contributed by atoms with Gasteiger partial charge in [0.15, 0.2) is 0 Å². The molecule has 0 spiro atoms. The van der Waals surface area contributed by atoms with Gasteiger partial charge in [-0.3, -0.25) is 0 Å². The second kappa shape index (κ2) is 31.9. The summed E-state index contributed by atoms with van der Waals surface area (Å²) in [6, 6.07) is 0. The fourth-order valence-electron chi connectivity index (χ4n) is 2.55. The normalized spacial score (nSPS) is 9.68. The molecule has 144 valence electrons. The summed E-state index contributed by atoms with van der Waals surface area (Å²) >= 11 is 0. The van der Waals surface area contributed by atoms with Crippen LogP contribution >= 0.6 is 0 Å². The van der Waals surface area contributed by atoms with Crippen LogP contribution in [-0.2, 0) is 0 Å². The van der Waals surface area contributed by atoms with Crippen LogP contribution in [0.4, 0.5) is 0 Å². The molecule has 0 aliphatic rings. The summed E-state index contributed by atoms with van der Waals surface area (Å²) in [6.45, 7) is 7.58. The first kappa shape index (κ1) is 29.9. The Hall–Kier alpha value is 0.166. The van der Waals surface area contributed by atoms with E-state index in [0.717, 1.165) is 38.5 Å². The summed E-state index contributed by atoms with van der Waals surface area (Å²) in [5.41, 5.74) is 0. The number of rotatable bonds is 18. The van der Waals surface area contributed by atoms with Gasteiger partial charge in [-0.2, -0.15) is 0 Å². The molecule has 0 atom stereocenters. The smallest absolute Gasteiger partial charge is 0.854 e. The van der Waals surface area contributed by atoms with Crippen molar-refractivity contribution in [2.45, 2.75) is 103 Å². The molecule has 0 aliphatic heterocycles. The fourth-order valence-corrected chi connectivity index (χ4v) is 2.55. The Morgan fingerprint density at radius 1 is 0.440 bits per heavy atom. The van der Waals surface area contributed by atoms with Crippen molar-refractivity contribution in [3.05, 3.63) is 25.3 Å². The first-order chi connectivity index (χ1) is 11.8. The molecule has 0 bridgehead atoms. The van der Waals surface area contributed by atoms with E-state index in [1.165, 1.54) is 64.2 Å². The van der Waals surface area contributed by atoms with Gasteiger partial charge in [-0.25, -0.2) is 0 Å². The van der Waals surface area contributed by atoms with Gasteiger partial charge in [0.1, 0.15) is 0 Å². The molecule has 2 nitrogen and oxygen atoms in total. The Kier molecular flexibility index (Phi) is 38.2. The molecule has 0 aromatic carbocycles. The summed E-state index contributed by atoms with van der Waals surface area (Å²) in [7, 11) is 0. The van der Waals surface area contributed by atoms with Crippen LogP contribution in [0.2, 0.25) is 0 Å². The zero-order valence-electron chi connectivity index (χ0n) is 16.8. The van der Waals surface area contributed by atoms with Crippen LogP contribution in [0.5, 0.6) is 0 Å². The molecule has 0 fully saturated rings. The molecule has 0 aromatic rings. The molecule has 0 rings (SSSR count). The Balaban J connectivity index is -0.000000372. The standard InChI is InChI=1S/2C11H21O.Mg/c2*1-2-3-4-5-6-7-8-9-10-11-12;/h2*2H,1,3-11H2;/q2*-1;+2. The number of allylic oxidation sites excluding steroid dienone is 2. The van der Waals surface area contributed by atoms with E-state index in [9.17, 15) is 10.2 Å². The molecule has 0 aromatic heterocycles. The van der Waals surface area contributed by atoms with E-state index in [0.29, 0.717) is 0 Å². The second-order valence-corrected chi connectivity index (χ2v) is 6.51. The van der Waals surface area contributed by atoms with Gasteiger partial charge in [-0.1, -0.05) is 89.2 Å². The maximum atomic E-state index is 10.1. The minimum atomic E-state index is 0. The van der Waals surface area contributed by atoms with E-state index in [2.05, 4.69) is 13.2 Å². The number of hydrogen-bond acceptors (Lipinski definition) is 2. The summed E-state index contributed by atoms with van der Waals surface area (Å²) in [5, 5.41) is 20.2. The molecule has 0 amide bonds. The van der Waals surface area contributed by atoms with Crippen LogP contribution in [0.1, 0.15) is 103 Å². The third-order valence-corrected chi connectivity index (χ3v) is 4.11. The first-order valence-corrected chi connectivity index (χ1v) is 10.2. The Morgan fingerprint density at radius 2 is 0.680 bits per heavy atom. The van der Waals surface area contributed by atoms with Crippen LogP contribution in [0, 0.1) is 0 Å². The average Bonchev–Trinajstić information content (AvgIpc) is 2.60. The summed E-state index contributed by atoms with van der Waals surface area (Å²) in [6.07, 6.45) is 23.2. The van der Waals surface area contributed by atoms with Crippen molar-refractivity contribution in [2.24, 2.45) is 0 Å². The Bertz CT molecular complexity index is 208. The van der Waals surface area contributed by atoms with Gasteiger partial charge in [0, 0.05) is 0 Å². The van der Waals surface area contributed by atoms with Gasteiger partial charge in [0.25, 0.3) is 0 Å². The molecule has 0 radical (unpaired) electrons. The molecular weight excluding hydrogens is 321 g/mol. The molecule has 0 N–H and O–H groups in total. The summed E-state index contributed by atoms with van der Waals surface area (Å²) < 4.78 is 0. The SMILES string of the molecule is C=CCCCCCCCCC[O-].C=CCCCCCCCCC[O-].[Mg+2]. The van der Waals surface area contributed by atoms with Crippen molar-refractivity contribution in [1.82, 2.24) is 0 Å². The van der Waals surface area contributed by atoms with Gasteiger partial charge in [-0.15, -0.1) is 26.4 Å². The largest absolute Gasteiger partial charge is 2.00 e. The van der Waals surface area contributed by atoms with Crippen molar-refractivity contribution in [1.29, 1.82) is 0 Å².